The molecule has 15 heteroatoms. The van der Waals surface area contributed by atoms with Gasteiger partial charge in [-0.05, 0) is 37.1 Å². The molecule has 0 bridgehead atoms. The van der Waals surface area contributed by atoms with Crippen molar-refractivity contribution in [2.45, 2.75) is 44.9 Å². The third kappa shape index (κ3) is 11.4. The smallest absolute Gasteiger partial charge is 0.253 e. The number of rotatable bonds is 23. The minimum atomic E-state index is -0.366. The monoisotopic (exact) mass is 803 g/mol. The summed E-state index contributed by atoms with van der Waals surface area (Å²) in [6.45, 7) is 14.3. The van der Waals surface area contributed by atoms with Gasteiger partial charge in [0.25, 0.3) is 11.8 Å². The highest BCUT2D eigenvalue weighted by molar-refractivity contribution is 6.12. The maximum atomic E-state index is 12.1. The van der Waals surface area contributed by atoms with E-state index < -0.39 is 0 Å². The van der Waals surface area contributed by atoms with E-state index in [-0.39, 0.29) is 67.1 Å². The van der Waals surface area contributed by atoms with Crippen molar-refractivity contribution in [3.63, 3.8) is 0 Å². The summed E-state index contributed by atoms with van der Waals surface area (Å²) in [6.07, 6.45) is 9.24. The molecule has 57 heavy (non-hydrogen) atoms. The average Bonchev–Trinajstić information content (AvgIpc) is 3.70. The Morgan fingerprint density at radius 1 is 0.807 bits per heavy atom. The molecule has 0 saturated carbocycles. The minimum Gasteiger partial charge on any atom is -1.00 e. The third-order valence-electron chi connectivity index (χ3n) is 10.2. The highest BCUT2D eigenvalue weighted by Gasteiger charge is 2.44. The van der Waals surface area contributed by atoms with Crippen LogP contribution in [0.5, 0.6) is 0 Å². The summed E-state index contributed by atoms with van der Waals surface area (Å²) in [6, 6.07) is 17.0. The van der Waals surface area contributed by atoms with E-state index in [1.165, 1.54) is 46.1 Å². The number of hydrogen-bond acceptors (Lipinski definition) is 9. The van der Waals surface area contributed by atoms with Crippen molar-refractivity contribution in [2.75, 3.05) is 90.5 Å². The lowest BCUT2D eigenvalue weighted by Crippen LogP contribution is -3.00. The number of nitrogens with one attached hydrogen (secondary N) is 1. The number of carbonyl (C=O) groups is 3. The van der Waals surface area contributed by atoms with Crippen molar-refractivity contribution < 1.29 is 50.3 Å². The lowest BCUT2D eigenvalue weighted by Gasteiger charge is -2.27. The van der Waals surface area contributed by atoms with Gasteiger partial charge in [0.15, 0.2) is 12.3 Å². The van der Waals surface area contributed by atoms with E-state index in [1.807, 2.05) is 0 Å². The van der Waals surface area contributed by atoms with Crippen LogP contribution in [0, 0.1) is 0 Å². The number of allylic oxidation sites excluding steroid dienone is 4. The summed E-state index contributed by atoms with van der Waals surface area (Å²) in [4.78, 5) is 41.5. The fraction of sp³-hybridized carbons (Fsp3) is 0.476. The van der Waals surface area contributed by atoms with Gasteiger partial charge in [-0.3, -0.25) is 19.3 Å². The predicted molar refractivity (Wildman–Crippen MR) is 214 cm³/mol. The number of nitrogens with zero attached hydrogens (tertiary/aromatic N) is 6. The summed E-state index contributed by atoms with van der Waals surface area (Å²) in [7, 11) is 0. The van der Waals surface area contributed by atoms with Crippen LogP contribution in [0.2, 0.25) is 0 Å². The number of imide groups is 1. The van der Waals surface area contributed by atoms with Crippen molar-refractivity contribution in [1.82, 2.24) is 10.2 Å². The average molecular weight is 804 g/mol. The SMILES string of the molecule is CC1(C)C(/C=C/C=C2/N(CCOCCOCCC(=O)NCCN3C(=O)C=CC3=O)c3ccccc3C2(C)C)=[N+](CCOCCOCCN=[N+]=[N-])c2ccccc21.[Cl-]. The van der Waals surface area contributed by atoms with Crippen LogP contribution in [0.25, 0.3) is 10.4 Å². The second kappa shape index (κ2) is 21.6. The van der Waals surface area contributed by atoms with Crippen LogP contribution in [0.3, 0.4) is 0 Å². The van der Waals surface area contributed by atoms with Crippen molar-refractivity contribution in [3.8, 4) is 0 Å². The molecule has 0 unspecified atom stereocenters. The Balaban J connectivity index is 0.00000720. The molecular weight excluding hydrogens is 750 g/mol. The first-order valence-corrected chi connectivity index (χ1v) is 19.2. The molecule has 1 N–H and O–H groups in total. The summed E-state index contributed by atoms with van der Waals surface area (Å²) in [5.41, 5.74) is 15.2. The molecule has 0 aliphatic carbocycles. The number of benzene rings is 2. The second-order valence-electron chi connectivity index (χ2n) is 14.5. The number of ether oxygens (including phenoxy) is 4. The molecule has 306 valence electrons. The molecule has 14 nitrogen and oxygen atoms in total. The van der Waals surface area contributed by atoms with Crippen LogP contribution in [0.4, 0.5) is 11.4 Å². The molecule has 0 spiro atoms. The van der Waals surface area contributed by atoms with Crippen LogP contribution in [0.15, 0.2) is 89.7 Å². The molecule has 3 heterocycles. The topological polar surface area (TPSA) is 158 Å². The Hall–Kier alpha value is -4.82. The summed E-state index contributed by atoms with van der Waals surface area (Å²) >= 11 is 0. The lowest BCUT2D eigenvalue weighted by atomic mass is 9.81. The fourth-order valence-electron chi connectivity index (χ4n) is 7.31. The lowest BCUT2D eigenvalue weighted by molar-refractivity contribution is -0.442. The molecule has 0 fully saturated rings. The second-order valence-corrected chi connectivity index (χ2v) is 14.5. The largest absolute Gasteiger partial charge is 1.00 e. The number of azide groups is 1. The number of hydrogen-bond donors (Lipinski definition) is 1. The summed E-state index contributed by atoms with van der Waals surface area (Å²) in [5, 5.41) is 6.19. The van der Waals surface area contributed by atoms with Crippen LogP contribution in [0.1, 0.15) is 45.2 Å². The fourth-order valence-corrected chi connectivity index (χ4v) is 7.31. The van der Waals surface area contributed by atoms with Gasteiger partial charge in [0.1, 0.15) is 6.61 Å². The van der Waals surface area contributed by atoms with Gasteiger partial charge in [-0.15, -0.1) is 0 Å². The predicted octanol–water partition coefficient (Wildman–Crippen LogP) is 2.11. The van der Waals surface area contributed by atoms with Gasteiger partial charge in [-0.1, -0.05) is 61.4 Å². The molecule has 2 aromatic carbocycles. The van der Waals surface area contributed by atoms with Gasteiger partial charge >= 0.3 is 0 Å². The molecule has 5 rings (SSSR count). The molecule has 3 amide bonds. The zero-order valence-electron chi connectivity index (χ0n) is 33.3. The highest BCUT2D eigenvalue weighted by atomic mass is 35.5. The van der Waals surface area contributed by atoms with Gasteiger partial charge in [0.05, 0.1) is 51.7 Å². The number of fused-ring (bicyclic) bond motifs is 2. The Bertz CT molecular complexity index is 1880. The molecule has 0 atom stereocenters. The first kappa shape index (κ1) is 44.9. The van der Waals surface area contributed by atoms with Gasteiger partial charge in [0.2, 0.25) is 11.6 Å². The molecular formula is C42H54ClN7O7. The van der Waals surface area contributed by atoms with Crippen LogP contribution in [-0.2, 0) is 44.2 Å². The molecule has 3 aliphatic rings. The third-order valence-corrected chi connectivity index (χ3v) is 10.2. The van der Waals surface area contributed by atoms with Crippen LogP contribution >= 0.6 is 0 Å². The number of para-hydroxylation sites is 2. The normalized spacial score (nSPS) is 17.0. The Morgan fingerprint density at radius 2 is 1.44 bits per heavy atom. The van der Waals surface area contributed by atoms with E-state index in [9.17, 15) is 14.4 Å². The molecule has 0 radical (unpaired) electrons. The molecule has 2 aromatic rings. The minimum absolute atomic E-state index is 0. The highest BCUT2D eigenvalue weighted by Crippen LogP contribution is 2.47. The van der Waals surface area contributed by atoms with Crippen molar-refractivity contribution >= 4 is 34.8 Å². The van der Waals surface area contributed by atoms with E-state index in [0.717, 1.165) is 4.90 Å². The zero-order chi connectivity index (χ0) is 40.0. The first-order valence-electron chi connectivity index (χ1n) is 19.2. The van der Waals surface area contributed by atoms with Crippen LogP contribution < -0.4 is 22.6 Å². The zero-order valence-corrected chi connectivity index (χ0v) is 34.1. The summed E-state index contributed by atoms with van der Waals surface area (Å²) in [5.74, 6) is -0.938. The van der Waals surface area contributed by atoms with E-state index >= 15 is 0 Å². The Kier molecular flexibility index (Phi) is 17.0. The number of carbonyl (C=O) groups excluding carboxylic acids is 3. The molecule has 0 aromatic heterocycles. The van der Waals surface area contributed by atoms with Gasteiger partial charge < -0.3 is 41.6 Å². The van der Waals surface area contributed by atoms with Gasteiger partial charge in [0, 0.05) is 84.2 Å². The Labute approximate surface area is 341 Å². The number of anilines is 1. The van der Waals surface area contributed by atoms with E-state index in [0.29, 0.717) is 65.9 Å². The maximum absolute atomic E-state index is 12.1. The number of amides is 3. The van der Waals surface area contributed by atoms with E-state index in [4.69, 9.17) is 24.5 Å². The Morgan fingerprint density at radius 3 is 2.16 bits per heavy atom. The molecule has 3 aliphatic heterocycles. The van der Waals surface area contributed by atoms with Gasteiger partial charge in [-0.2, -0.15) is 4.58 Å². The first-order chi connectivity index (χ1) is 27.1. The van der Waals surface area contributed by atoms with Crippen LogP contribution in [-0.4, -0.2) is 118 Å². The van der Waals surface area contributed by atoms with Crippen molar-refractivity contribution in [3.05, 3.63) is 106 Å². The maximum Gasteiger partial charge on any atom is 0.253 e. The standard InChI is InChI=1S/C42H53N7O7.ClH/c1-41(2)32-10-5-7-12-34(32)47(22-26-55-30-28-53-24-18-38(50)44-19-21-49-39(51)16-17-40(49)52)36(41)14-9-15-37-42(3,4)33-11-6-8-13-35(33)48(37)23-27-56-31-29-54-25-20-45-46-43;/h5-17H,18-31H2,1-4H3;1H. The van der Waals surface area contributed by atoms with Crippen molar-refractivity contribution in [1.29, 1.82) is 0 Å². The molecule has 0 saturated heterocycles. The summed E-state index contributed by atoms with van der Waals surface area (Å²) < 4.78 is 25.4. The van der Waals surface area contributed by atoms with Crippen molar-refractivity contribution in [2.24, 2.45) is 5.11 Å². The quantitative estimate of drug-likeness (QED) is 0.0447. The number of halogens is 1. The van der Waals surface area contributed by atoms with E-state index in [1.54, 1.807) is 0 Å². The van der Waals surface area contributed by atoms with E-state index in [2.05, 4.69) is 119 Å². The van der Waals surface area contributed by atoms with Gasteiger partial charge in [-0.25, -0.2) is 0 Å².